The SMILES string of the molecule is Cc1cc(C)n(CC2CN(Cc3nc(-c4ccoc4)no3)CCO2)n1. The maximum atomic E-state index is 5.90. The minimum Gasteiger partial charge on any atom is -0.472 e. The fraction of sp³-hybridized carbons (Fsp3) is 0.471. The van der Waals surface area contributed by atoms with E-state index in [4.69, 9.17) is 13.7 Å². The Morgan fingerprint density at radius 3 is 3.00 bits per heavy atom. The molecule has 0 radical (unpaired) electrons. The molecule has 8 nitrogen and oxygen atoms in total. The van der Waals surface area contributed by atoms with Crippen LogP contribution in [0.25, 0.3) is 11.4 Å². The first-order chi connectivity index (χ1) is 12.2. The van der Waals surface area contributed by atoms with Gasteiger partial charge in [-0.15, -0.1) is 0 Å². The summed E-state index contributed by atoms with van der Waals surface area (Å²) in [6, 6.07) is 3.89. The zero-order chi connectivity index (χ0) is 17.2. The van der Waals surface area contributed by atoms with Gasteiger partial charge in [-0.05, 0) is 26.0 Å². The molecule has 3 aromatic rings. The van der Waals surface area contributed by atoms with Crippen LogP contribution < -0.4 is 0 Å². The summed E-state index contributed by atoms with van der Waals surface area (Å²) >= 11 is 0. The second-order valence-electron chi connectivity index (χ2n) is 6.36. The van der Waals surface area contributed by atoms with E-state index < -0.39 is 0 Å². The van der Waals surface area contributed by atoms with E-state index in [0.29, 0.717) is 24.9 Å². The fourth-order valence-corrected chi connectivity index (χ4v) is 3.11. The molecule has 0 bridgehead atoms. The molecule has 0 aliphatic carbocycles. The van der Waals surface area contributed by atoms with Crippen molar-refractivity contribution < 1.29 is 13.7 Å². The molecule has 25 heavy (non-hydrogen) atoms. The maximum Gasteiger partial charge on any atom is 0.241 e. The van der Waals surface area contributed by atoms with Crippen molar-refractivity contribution in [2.75, 3.05) is 19.7 Å². The predicted octanol–water partition coefficient (Wildman–Crippen LogP) is 2.04. The van der Waals surface area contributed by atoms with Crippen molar-refractivity contribution in [2.45, 2.75) is 33.0 Å². The first-order valence-corrected chi connectivity index (χ1v) is 8.37. The smallest absolute Gasteiger partial charge is 0.241 e. The van der Waals surface area contributed by atoms with E-state index in [1.165, 1.54) is 0 Å². The Kier molecular flexibility index (Phi) is 4.37. The van der Waals surface area contributed by atoms with Crippen molar-refractivity contribution in [1.82, 2.24) is 24.8 Å². The van der Waals surface area contributed by atoms with Crippen LogP contribution in [0.4, 0.5) is 0 Å². The van der Waals surface area contributed by atoms with E-state index in [2.05, 4.69) is 33.1 Å². The van der Waals surface area contributed by atoms with Crippen LogP contribution in [0, 0.1) is 13.8 Å². The summed E-state index contributed by atoms with van der Waals surface area (Å²) < 4.78 is 18.3. The van der Waals surface area contributed by atoms with Gasteiger partial charge < -0.3 is 13.7 Å². The van der Waals surface area contributed by atoms with Crippen LogP contribution in [0.3, 0.4) is 0 Å². The molecule has 0 aromatic carbocycles. The Morgan fingerprint density at radius 1 is 1.32 bits per heavy atom. The highest BCUT2D eigenvalue weighted by Crippen LogP contribution is 2.17. The van der Waals surface area contributed by atoms with E-state index >= 15 is 0 Å². The van der Waals surface area contributed by atoms with Gasteiger partial charge in [-0.25, -0.2) is 0 Å². The Balaban J connectivity index is 1.37. The van der Waals surface area contributed by atoms with Gasteiger partial charge in [-0.1, -0.05) is 5.16 Å². The van der Waals surface area contributed by atoms with Crippen molar-refractivity contribution in [3.05, 3.63) is 41.9 Å². The zero-order valence-corrected chi connectivity index (χ0v) is 14.4. The highest BCUT2D eigenvalue weighted by atomic mass is 16.5. The van der Waals surface area contributed by atoms with E-state index in [0.717, 1.165) is 36.6 Å². The van der Waals surface area contributed by atoms with E-state index in [1.807, 2.05) is 17.7 Å². The highest BCUT2D eigenvalue weighted by Gasteiger charge is 2.23. The lowest BCUT2D eigenvalue weighted by Crippen LogP contribution is -2.44. The third kappa shape index (κ3) is 3.64. The molecule has 4 rings (SSSR count). The molecule has 3 aromatic heterocycles. The highest BCUT2D eigenvalue weighted by molar-refractivity contribution is 5.51. The van der Waals surface area contributed by atoms with Gasteiger partial charge in [-0.3, -0.25) is 9.58 Å². The molecule has 1 saturated heterocycles. The Bertz CT molecular complexity index is 823. The van der Waals surface area contributed by atoms with Gasteiger partial charge in [0.05, 0.1) is 43.3 Å². The second kappa shape index (κ2) is 6.81. The minimum absolute atomic E-state index is 0.100. The zero-order valence-electron chi connectivity index (χ0n) is 14.4. The quantitative estimate of drug-likeness (QED) is 0.701. The van der Waals surface area contributed by atoms with Crippen LogP contribution >= 0.6 is 0 Å². The fourth-order valence-electron chi connectivity index (χ4n) is 3.11. The van der Waals surface area contributed by atoms with Gasteiger partial charge in [0.1, 0.15) is 6.26 Å². The molecule has 1 unspecified atom stereocenters. The molecule has 0 N–H and O–H groups in total. The van der Waals surface area contributed by atoms with Crippen LogP contribution in [-0.2, 0) is 17.8 Å². The first kappa shape index (κ1) is 16.0. The molecule has 0 saturated carbocycles. The van der Waals surface area contributed by atoms with Gasteiger partial charge in [0, 0.05) is 18.8 Å². The molecule has 0 amide bonds. The standard InChI is InChI=1S/C17H21N5O3/c1-12-7-13(2)22(19-12)9-15-8-21(4-6-24-15)10-16-18-17(20-25-16)14-3-5-23-11-14/h3,5,7,11,15H,4,6,8-10H2,1-2H3. The number of rotatable bonds is 5. The molecule has 132 valence electrons. The second-order valence-corrected chi connectivity index (χ2v) is 6.36. The van der Waals surface area contributed by atoms with Crippen LogP contribution in [-0.4, -0.2) is 50.6 Å². The van der Waals surface area contributed by atoms with E-state index in [9.17, 15) is 0 Å². The van der Waals surface area contributed by atoms with E-state index in [-0.39, 0.29) is 6.10 Å². The molecular formula is C17H21N5O3. The van der Waals surface area contributed by atoms with Crippen LogP contribution in [0.1, 0.15) is 17.3 Å². The molecule has 1 fully saturated rings. The Hall–Kier alpha value is -2.45. The number of aromatic nitrogens is 4. The summed E-state index contributed by atoms with van der Waals surface area (Å²) in [7, 11) is 0. The molecule has 1 aliphatic rings. The summed E-state index contributed by atoms with van der Waals surface area (Å²) in [4.78, 5) is 6.71. The summed E-state index contributed by atoms with van der Waals surface area (Å²) in [5.74, 6) is 1.15. The van der Waals surface area contributed by atoms with Crippen LogP contribution in [0.5, 0.6) is 0 Å². The first-order valence-electron chi connectivity index (χ1n) is 8.37. The minimum atomic E-state index is 0.100. The third-order valence-electron chi connectivity index (χ3n) is 4.31. The summed E-state index contributed by atoms with van der Waals surface area (Å²) in [5, 5.41) is 8.52. The van der Waals surface area contributed by atoms with Crippen molar-refractivity contribution in [2.24, 2.45) is 0 Å². The predicted molar refractivity (Wildman–Crippen MR) is 88.7 cm³/mol. The van der Waals surface area contributed by atoms with Crippen molar-refractivity contribution in [3.63, 3.8) is 0 Å². The Labute approximate surface area is 145 Å². The monoisotopic (exact) mass is 343 g/mol. The van der Waals surface area contributed by atoms with Crippen molar-refractivity contribution in [3.8, 4) is 11.4 Å². The normalized spacial score (nSPS) is 18.7. The van der Waals surface area contributed by atoms with E-state index in [1.54, 1.807) is 12.5 Å². The molecule has 4 heterocycles. The average molecular weight is 343 g/mol. The lowest BCUT2D eigenvalue weighted by Gasteiger charge is -2.32. The largest absolute Gasteiger partial charge is 0.472 e. The molecule has 1 atom stereocenters. The van der Waals surface area contributed by atoms with Crippen molar-refractivity contribution >= 4 is 0 Å². The van der Waals surface area contributed by atoms with Gasteiger partial charge in [-0.2, -0.15) is 10.1 Å². The number of hydrogen-bond acceptors (Lipinski definition) is 7. The molecule has 0 spiro atoms. The lowest BCUT2D eigenvalue weighted by atomic mass is 10.2. The van der Waals surface area contributed by atoms with Gasteiger partial charge in [0.2, 0.25) is 11.7 Å². The summed E-state index contributed by atoms with van der Waals surface area (Å²) in [6.45, 7) is 7.77. The third-order valence-corrected chi connectivity index (χ3v) is 4.31. The van der Waals surface area contributed by atoms with Crippen molar-refractivity contribution in [1.29, 1.82) is 0 Å². The number of furan rings is 1. The van der Waals surface area contributed by atoms with Gasteiger partial charge in [0.25, 0.3) is 0 Å². The molecule has 1 aliphatic heterocycles. The average Bonchev–Trinajstić information content (AvgIpc) is 3.30. The van der Waals surface area contributed by atoms with Gasteiger partial charge >= 0.3 is 0 Å². The Morgan fingerprint density at radius 2 is 2.24 bits per heavy atom. The topological polar surface area (TPSA) is 82.4 Å². The number of morpholine rings is 1. The number of ether oxygens (including phenoxy) is 1. The lowest BCUT2D eigenvalue weighted by molar-refractivity contribution is -0.0429. The summed E-state index contributed by atoms with van der Waals surface area (Å²) in [5.41, 5.74) is 3.00. The van der Waals surface area contributed by atoms with Crippen LogP contribution in [0.2, 0.25) is 0 Å². The van der Waals surface area contributed by atoms with Gasteiger partial charge in [0.15, 0.2) is 0 Å². The number of hydrogen-bond donors (Lipinski definition) is 0. The molecular weight excluding hydrogens is 322 g/mol. The number of aryl methyl sites for hydroxylation is 2. The molecule has 8 heteroatoms. The van der Waals surface area contributed by atoms with Crippen LogP contribution in [0.15, 0.2) is 33.6 Å². The maximum absolute atomic E-state index is 5.90. The number of nitrogens with zero attached hydrogens (tertiary/aromatic N) is 5. The summed E-state index contributed by atoms with van der Waals surface area (Å²) in [6.07, 6.45) is 3.30.